The molecule has 2 aromatic rings. The number of benzene rings is 1. The molecule has 0 fully saturated rings. The third-order valence-corrected chi connectivity index (χ3v) is 3.28. The summed E-state index contributed by atoms with van der Waals surface area (Å²) in [7, 11) is 0. The highest BCUT2D eigenvalue weighted by Gasteiger charge is 2.10. The van der Waals surface area contributed by atoms with Crippen molar-refractivity contribution in [3.63, 3.8) is 0 Å². The molecule has 4 heteroatoms. The van der Waals surface area contributed by atoms with Gasteiger partial charge in [-0.2, -0.15) is 4.98 Å². The molecule has 0 radical (unpaired) electrons. The maximum absolute atomic E-state index is 4.64. The third kappa shape index (κ3) is 4.45. The Bertz CT molecular complexity index is 554. The normalized spacial score (nSPS) is 10.4. The van der Waals surface area contributed by atoms with Gasteiger partial charge < -0.3 is 10.2 Å². The fraction of sp³-hybridized carbons (Fsp3) is 0.412. The molecule has 21 heavy (non-hydrogen) atoms. The molecule has 0 aliphatic rings. The summed E-state index contributed by atoms with van der Waals surface area (Å²) in [5, 5.41) is 3.34. The molecule has 0 saturated carbocycles. The van der Waals surface area contributed by atoms with E-state index in [0.717, 1.165) is 43.5 Å². The van der Waals surface area contributed by atoms with Gasteiger partial charge in [0.05, 0.1) is 0 Å². The number of aromatic nitrogens is 2. The van der Waals surface area contributed by atoms with E-state index in [4.69, 9.17) is 0 Å². The number of anilines is 2. The first-order chi connectivity index (χ1) is 10.2. The van der Waals surface area contributed by atoms with Gasteiger partial charge in [-0.25, -0.2) is 4.98 Å². The summed E-state index contributed by atoms with van der Waals surface area (Å²) in [4.78, 5) is 11.4. The van der Waals surface area contributed by atoms with Gasteiger partial charge >= 0.3 is 0 Å². The van der Waals surface area contributed by atoms with Gasteiger partial charge in [0, 0.05) is 31.4 Å². The van der Waals surface area contributed by atoms with Crippen molar-refractivity contribution < 1.29 is 0 Å². The Kier molecular flexibility index (Phi) is 5.55. The number of nitrogens with zero attached hydrogens (tertiary/aromatic N) is 3. The van der Waals surface area contributed by atoms with Gasteiger partial charge in [-0.1, -0.05) is 37.3 Å². The number of rotatable bonds is 7. The second-order valence-corrected chi connectivity index (χ2v) is 5.12. The highest BCUT2D eigenvalue weighted by atomic mass is 15.3. The van der Waals surface area contributed by atoms with E-state index < -0.39 is 0 Å². The molecule has 1 N–H and O–H groups in total. The van der Waals surface area contributed by atoms with Crippen molar-refractivity contribution in [2.75, 3.05) is 23.3 Å². The Morgan fingerprint density at radius 2 is 1.86 bits per heavy atom. The van der Waals surface area contributed by atoms with Gasteiger partial charge in [0.2, 0.25) is 5.95 Å². The van der Waals surface area contributed by atoms with Gasteiger partial charge in [-0.3, -0.25) is 0 Å². The largest absolute Gasteiger partial charge is 0.370 e. The summed E-state index contributed by atoms with van der Waals surface area (Å²) < 4.78 is 0. The summed E-state index contributed by atoms with van der Waals surface area (Å²) in [5.41, 5.74) is 2.26. The Balaban J connectivity index is 2.19. The van der Waals surface area contributed by atoms with Crippen LogP contribution in [0.25, 0.3) is 0 Å². The molecule has 0 bridgehead atoms. The lowest BCUT2D eigenvalue weighted by molar-refractivity contribution is 0.787. The van der Waals surface area contributed by atoms with Crippen molar-refractivity contribution in [3.05, 3.63) is 47.7 Å². The Morgan fingerprint density at radius 1 is 1.10 bits per heavy atom. The van der Waals surface area contributed by atoms with E-state index in [1.165, 1.54) is 5.56 Å². The molecule has 2 rings (SSSR count). The van der Waals surface area contributed by atoms with Crippen molar-refractivity contribution in [1.82, 2.24) is 9.97 Å². The Morgan fingerprint density at radius 3 is 2.52 bits per heavy atom. The highest BCUT2D eigenvalue weighted by Crippen LogP contribution is 2.16. The summed E-state index contributed by atoms with van der Waals surface area (Å²) in [6.45, 7) is 8.93. The molecule has 1 heterocycles. The van der Waals surface area contributed by atoms with E-state index in [-0.39, 0.29) is 0 Å². The molecule has 0 unspecified atom stereocenters. The maximum Gasteiger partial charge on any atom is 0.227 e. The predicted octanol–water partition coefficient (Wildman–Crippen LogP) is 3.63. The molecule has 4 nitrogen and oxygen atoms in total. The van der Waals surface area contributed by atoms with Crippen LogP contribution in [0.5, 0.6) is 0 Å². The lowest BCUT2D eigenvalue weighted by atomic mass is 10.2. The number of aryl methyl sites for hydroxylation is 1. The van der Waals surface area contributed by atoms with E-state index >= 15 is 0 Å². The molecular weight excluding hydrogens is 260 g/mol. The SMILES string of the molecule is CCCNc1cc(C)nc(N(CC)Cc2ccccc2)n1. The van der Waals surface area contributed by atoms with Crippen molar-refractivity contribution in [1.29, 1.82) is 0 Å². The molecule has 0 spiro atoms. The monoisotopic (exact) mass is 284 g/mol. The number of hydrogen-bond acceptors (Lipinski definition) is 4. The first-order valence-electron chi connectivity index (χ1n) is 7.61. The van der Waals surface area contributed by atoms with Crippen molar-refractivity contribution in [2.24, 2.45) is 0 Å². The van der Waals surface area contributed by atoms with E-state index in [1.807, 2.05) is 19.1 Å². The van der Waals surface area contributed by atoms with Crippen LogP contribution in [0.3, 0.4) is 0 Å². The highest BCUT2D eigenvalue weighted by molar-refractivity contribution is 5.44. The van der Waals surface area contributed by atoms with Crippen molar-refractivity contribution in [2.45, 2.75) is 33.7 Å². The van der Waals surface area contributed by atoms with Crippen LogP contribution in [0.1, 0.15) is 31.5 Å². The van der Waals surface area contributed by atoms with Crippen LogP contribution in [0.15, 0.2) is 36.4 Å². The molecular formula is C17H24N4. The minimum Gasteiger partial charge on any atom is -0.370 e. The van der Waals surface area contributed by atoms with E-state index in [9.17, 15) is 0 Å². The first kappa shape index (κ1) is 15.3. The van der Waals surface area contributed by atoms with E-state index in [1.54, 1.807) is 0 Å². The quantitative estimate of drug-likeness (QED) is 0.843. The zero-order valence-electron chi connectivity index (χ0n) is 13.1. The topological polar surface area (TPSA) is 41.1 Å². The molecule has 0 aliphatic carbocycles. The first-order valence-corrected chi connectivity index (χ1v) is 7.61. The van der Waals surface area contributed by atoms with Crippen LogP contribution in [-0.2, 0) is 6.54 Å². The summed E-state index contributed by atoms with van der Waals surface area (Å²) in [6.07, 6.45) is 1.08. The van der Waals surface area contributed by atoms with Gasteiger partial charge in [0.1, 0.15) is 5.82 Å². The lowest BCUT2D eigenvalue weighted by Gasteiger charge is -2.22. The van der Waals surface area contributed by atoms with E-state index in [2.05, 4.69) is 58.3 Å². The molecule has 0 amide bonds. The third-order valence-electron chi connectivity index (χ3n) is 3.28. The molecule has 0 saturated heterocycles. The molecule has 1 aromatic heterocycles. The van der Waals surface area contributed by atoms with Crippen LogP contribution in [-0.4, -0.2) is 23.1 Å². The fourth-order valence-corrected chi connectivity index (χ4v) is 2.17. The average molecular weight is 284 g/mol. The second kappa shape index (κ2) is 7.62. The number of nitrogens with one attached hydrogen (secondary N) is 1. The fourth-order valence-electron chi connectivity index (χ4n) is 2.17. The molecule has 0 atom stereocenters. The standard InChI is InChI=1S/C17H24N4/c1-4-11-18-16-12-14(3)19-17(20-16)21(5-2)13-15-9-7-6-8-10-15/h6-10,12H,4-5,11,13H2,1-3H3,(H,18,19,20). The lowest BCUT2D eigenvalue weighted by Crippen LogP contribution is -2.25. The van der Waals surface area contributed by atoms with Crippen LogP contribution < -0.4 is 10.2 Å². The van der Waals surface area contributed by atoms with Crippen molar-refractivity contribution in [3.8, 4) is 0 Å². The molecule has 112 valence electrons. The van der Waals surface area contributed by atoms with Crippen LogP contribution in [0.2, 0.25) is 0 Å². The Hall–Kier alpha value is -2.10. The van der Waals surface area contributed by atoms with E-state index in [0.29, 0.717) is 0 Å². The van der Waals surface area contributed by atoms with Gasteiger partial charge in [-0.05, 0) is 25.8 Å². The van der Waals surface area contributed by atoms with Crippen LogP contribution in [0.4, 0.5) is 11.8 Å². The Labute approximate surface area is 127 Å². The van der Waals surface area contributed by atoms with Gasteiger partial charge in [-0.15, -0.1) is 0 Å². The predicted molar refractivity (Wildman–Crippen MR) is 88.7 cm³/mol. The van der Waals surface area contributed by atoms with Crippen LogP contribution >= 0.6 is 0 Å². The number of hydrogen-bond donors (Lipinski definition) is 1. The summed E-state index contributed by atoms with van der Waals surface area (Å²) in [5.74, 6) is 1.70. The minimum absolute atomic E-state index is 0.792. The summed E-state index contributed by atoms with van der Waals surface area (Å²) in [6, 6.07) is 12.4. The van der Waals surface area contributed by atoms with Gasteiger partial charge in [0.15, 0.2) is 0 Å². The average Bonchev–Trinajstić information content (AvgIpc) is 2.51. The zero-order chi connectivity index (χ0) is 15.1. The van der Waals surface area contributed by atoms with Gasteiger partial charge in [0.25, 0.3) is 0 Å². The van der Waals surface area contributed by atoms with Crippen molar-refractivity contribution >= 4 is 11.8 Å². The molecule has 1 aromatic carbocycles. The zero-order valence-corrected chi connectivity index (χ0v) is 13.1. The maximum atomic E-state index is 4.64. The minimum atomic E-state index is 0.792. The smallest absolute Gasteiger partial charge is 0.227 e. The second-order valence-electron chi connectivity index (χ2n) is 5.12. The van der Waals surface area contributed by atoms with Crippen LogP contribution in [0, 0.1) is 6.92 Å². The summed E-state index contributed by atoms with van der Waals surface area (Å²) >= 11 is 0. The molecule has 0 aliphatic heterocycles.